The maximum atomic E-state index is 12.4. The maximum Gasteiger partial charge on any atom is 0.169 e. The molecule has 0 unspecified atom stereocenters. The summed E-state index contributed by atoms with van der Waals surface area (Å²) in [7, 11) is -1.45. The zero-order valence-corrected chi connectivity index (χ0v) is 24.4. The first-order chi connectivity index (χ1) is 19.3. The van der Waals surface area contributed by atoms with Crippen LogP contribution in [0.15, 0.2) is 42.7 Å². The van der Waals surface area contributed by atoms with Gasteiger partial charge in [-0.3, -0.25) is 0 Å². The Labute approximate surface area is 243 Å². The zero-order chi connectivity index (χ0) is 28.0. The first-order valence-corrected chi connectivity index (χ1v) is 16.0. The van der Waals surface area contributed by atoms with Crippen LogP contribution < -0.4 is 15.2 Å². The fraction of sp³-hybridized carbons (Fsp3) is 0.379. The Kier molecular flexibility index (Phi) is 7.31. The highest BCUT2D eigenvalue weighted by molar-refractivity contribution is 7.91. The molecule has 8 nitrogen and oxygen atoms in total. The van der Waals surface area contributed by atoms with Gasteiger partial charge in [0, 0.05) is 17.5 Å². The Morgan fingerprint density at radius 2 is 1.70 bits per heavy atom. The largest absolute Gasteiger partial charge is 0.493 e. The fourth-order valence-corrected chi connectivity index (χ4v) is 7.98. The Bertz CT molecular complexity index is 1690. The van der Waals surface area contributed by atoms with Crippen molar-refractivity contribution in [3.05, 3.63) is 64.0 Å². The topological polar surface area (TPSA) is 109 Å². The van der Waals surface area contributed by atoms with Crippen LogP contribution in [0.1, 0.15) is 61.6 Å². The van der Waals surface area contributed by atoms with Gasteiger partial charge in [-0.1, -0.05) is 42.1 Å². The minimum absolute atomic E-state index is 0.0633. The molecule has 2 fully saturated rings. The molecule has 1 aliphatic carbocycles. The van der Waals surface area contributed by atoms with E-state index in [1.807, 2.05) is 22.7 Å². The molecular formula is C29H30Cl2N4O4S. The Morgan fingerprint density at radius 1 is 0.950 bits per heavy atom. The van der Waals surface area contributed by atoms with Crippen LogP contribution in [0.4, 0.5) is 5.82 Å². The molecule has 0 atom stereocenters. The molecule has 0 radical (unpaired) electrons. The summed E-state index contributed by atoms with van der Waals surface area (Å²) in [6.45, 7) is 0. The van der Waals surface area contributed by atoms with Gasteiger partial charge in [-0.25, -0.2) is 17.9 Å². The van der Waals surface area contributed by atoms with Crippen molar-refractivity contribution in [3.63, 3.8) is 0 Å². The molecule has 2 N–H and O–H groups in total. The maximum absolute atomic E-state index is 12.4. The average molecular weight is 602 g/mol. The van der Waals surface area contributed by atoms with Crippen molar-refractivity contribution in [2.75, 3.05) is 24.3 Å². The standard InChI is InChI=1S/C29H30Cl2N4O4S/c1-38-24-14-19(6-9-23(24)39-20-7-8-21(30)22(31)15-20)26-25(17-10-12-40(36,37)13-11-17)27(18-4-2-3-5-18)35-28(26)29(32)33-16-34-35/h6-9,14-18H,2-5,10-13H2,1H3,(H2,32,33,34). The molecule has 0 spiro atoms. The summed E-state index contributed by atoms with van der Waals surface area (Å²) in [5.41, 5.74) is 11.4. The van der Waals surface area contributed by atoms with Gasteiger partial charge in [-0.2, -0.15) is 5.10 Å². The van der Waals surface area contributed by atoms with Gasteiger partial charge in [0.25, 0.3) is 0 Å². The molecule has 3 heterocycles. The van der Waals surface area contributed by atoms with Crippen LogP contribution in [0.5, 0.6) is 17.2 Å². The molecule has 11 heteroatoms. The lowest BCUT2D eigenvalue weighted by Crippen LogP contribution is -2.23. The van der Waals surface area contributed by atoms with E-state index in [1.54, 1.807) is 25.3 Å². The number of hydrogen-bond acceptors (Lipinski definition) is 7. The summed E-state index contributed by atoms with van der Waals surface area (Å²) in [5, 5.41) is 5.51. The summed E-state index contributed by atoms with van der Waals surface area (Å²) in [6.07, 6.45) is 7.06. The summed E-state index contributed by atoms with van der Waals surface area (Å²) in [5.74, 6) is 2.69. The van der Waals surface area contributed by atoms with Crippen molar-refractivity contribution >= 4 is 44.4 Å². The lowest BCUT2D eigenvalue weighted by atomic mass is 9.84. The second-order valence-electron chi connectivity index (χ2n) is 10.5. The van der Waals surface area contributed by atoms with Crippen molar-refractivity contribution in [1.29, 1.82) is 0 Å². The van der Waals surface area contributed by atoms with Gasteiger partial charge in [0.15, 0.2) is 17.3 Å². The Balaban J connectivity index is 1.52. The highest BCUT2D eigenvalue weighted by Gasteiger charge is 2.36. The van der Waals surface area contributed by atoms with Gasteiger partial charge in [0.2, 0.25) is 0 Å². The van der Waals surface area contributed by atoms with Gasteiger partial charge in [0.1, 0.15) is 27.4 Å². The monoisotopic (exact) mass is 600 g/mol. The van der Waals surface area contributed by atoms with Crippen molar-refractivity contribution in [1.82, 2.24) is 14.6 Å². The zero-order valence-electron chi connectivity index (χ0n) is 22.1. The molecule has 6 rings (SSSR count). The molecule has 2 aliphatic rings. The van der Waals surface area contributed by atoms with E-state index in [0.29, 0.717) is 51.9 Å². The fourth-order valence-electron chi connectivity index (χ4n) is 6.20. The van der Waals surface area contributed by atoms with Crippen molar-refractivity contribution in [2.24, 2.45) is 0 Å². The van der Waals surface area contributed by atoms with E-state index in [4.69, 9.17) is 38.4 Å². The number of benzene rings is 2. The van der Waals surface area contributed by atoms with Crippen LogP contribution in [-0.4, -0.2) is 41.6 Å². The van der Waals surface area contributed by atoms with Gasteiger partial charge in [-0.15, -0.1) is 0 Å². The van der Waals surface area contributed by atoms with Crippen LogP contribution in [0, 0.1) is 0 Å². The smallest absolute Gasteiger partial charge is 0.169 e. The summed E-state index contributed by atoms with van der Waals surface area (Å²) in [4.78, 5) is 4.34. The number of nitrogen functional groups attached to an aromatic ring is 1. The molecule has 2 aromatic heterocycles. The van der Waals surface area contributed by atoms with E-state index < -0.39 is 9.84 Å². The number of sulfone groups is 1. The van der Waals surface area contributed by atoms with E-state index in [0.717, 1.165) is 53.6 Å². The number of halogens is 2. The SMILES string of the molecule is COc1cc(-c2c(C3CCS(=O)(=O)CC3)c(C3CCCC3)n3ncnc(N)c23)ccc1Oc1ccc(Cl)c(Cl)c1. The second-order valence-corrected chi connectivity index (χ2v) is 13.6. The molecule has 1 saturated heterocycles. The van der Waals surface area contributed by atoms with Crippen LogP contribution in [0.2, 0.25) is 10.0 Å². The number of rotatable bonds is 6. The Hall–Kier alpha value is -3.01. The molecule has 0 amide bonds. The van der Waals surface area contributed by atoms with Crippen molar-refractivity contribution < 1.29 is 17.9 Å². The molecule has 1 aliphatic heterocycles. The molecule has 40 heavy (non-hydrogen) atoms. The number of ether oxygens (including phenoxy) is 2. The van der Waals surface area contributed by atoms with Crippen LogP contribution in [0.25, 0.3) is 16.6 Å². The summed E-state index contributed by atoms with van der Waals surface area (Å²) < 4.78 is 38.6. The molecule has 0 bridgehead atoms. The molecular weight excluding hydrogens is 571 g/mol. The number of hydrogen-bond donors (Lipinski definition) is 1. The lowest BCUT2D eigenvalue weighted by Gasteiger charge is -2.25. The van der Waals surface area contributed by atoms with Crippen LogP contribution >= 0.6 is 23.2 Å². The third-order valence-corrected chi connectivity index (χ3v) is 10.6. The minimum Gasteiger partial charge on any atom is -0.493 e. The van der Waals surface area contributed by atoms with Gasteiger partial charge in [0.05, 0.1) is 34.4 Å². The van der Waals surface area contributed by atoms with Crippen molar-refractivity contribution in [3.8, 4) is 28.4 Å². The number of fused-ring (bicyclic) bond motifs is 1. The molecule has 2 aromatic carbocycles. The molecule has 4 aromatic rings. The number of nitrogens with two attached hydrogens (primary N) is 1. The first kappa shape index (κ1) is 27.2. The van der Waals surface area contributed by atoms with Gasteiger partial charge in [-0.05, 0) is 67.0 Å². The normalized spacial score (nSPS) is 17.9. The van der Waals surface area contributed by atoms with Gasteiger partial charge < -0.3 is 15.2 Å². The number of anilines is 1. The van der Waals surface area contributed by atoms with E-state index in [-0.39, 0.29) is 17.4 Å². The van der Waals surface area contributed by atoms with Crippen LogP contribution in [-0.2, 0) is 9.84 Å². The second kappa shape index (κ2) is 10.8. The predicted octanol–water partition coefficient (Wildman–Crippen LogP) is 7.04. The van der Waals surface area contributed by atoms with E-state index >= 15 is 0 Å². The van der Waals surface area contributed by atoms with Crippen LogP contribution in [0.3, 0.4) is 0 Å². The predicted molar refractivity (Wildman–Crippen MR) is 158 cm³/mol. The highest BCUT2D eigenvalue weighted by atomic mass is 35.5. The quantitative estimate of drug-likeness (QED) is 0.253. The van der Waals surface area contributed by atoms with E-state index in [2.05, 4.69) is 10.1 Å². The molecule has 210 valence electrons. The summed E-state index contributed by atoms with van der Waals surface area (Å²) in [6, 6.07) is 10.8. The first-order valence-electron chi connectivity index (χ1n) is 13.4. The van der Waals surface area contributed by atoms with Gasteiger partial charge >= 0.3 is 0 Å². The van der Waals surface area contributed by atoms with E-state index in [9.17, 15) is 8.42 Å². The average Bonchev–Trinajstić information content (AvgIpc) is 3.58. The lowest BCUT2D eigenvalue weighted by molar-refractivity contribution is 0.379. The van der Waals surface area contributed by atoms with Crippen molar-refractivity contribution in [2.45, 2.75) is 50.4 Å². The third kappa shape index (κ3) is 4.99. The Morgan fingerprint density at radius 3 is 2.40 bits per heavy atom. The summed E-state index contributed by atoms with van der Waals surface area (Å²) >= 11 is 12.3. The van der Waals surface area contributed by atoms with E-state index in [1.165, 1.54) is 6.33 Å². The number of methoxy groups -OCH3 is 1. The molecule has 1 saturated carbocycles. The highest BCUT2D eigenvalue weighted by Crippen LogP contribution is 2.49. The number of aromatic nitrogens is 3. The minimum atomic E-state index is -3.04. The number of nitrogens with zero attached hydrogens (tertiary/aromatic N) is 3. The third-order valence-electron chi connectivity index (χ3n) is 8.10.